The number of aryl methyl sites for hydroxylation is 1. The molecule has 3 atom stereocenters. The van der Waals surface area contributed by atoms with Crippen LogP contribution in [-0.4, -0.2) is 61.0 Å². The van der Waals surface area contributed by atoms with Crippen molar-refractivity contribution in [3.05, 3.63) is 35.4 Å². The monoisotopic (exact) mass is 413 g/mol. The maximum atomic E-state index is 9.75. The molecule has 0 amide bonds. The number of piperidine rings is 1. The molecule has 0 radical (unpaired) electrons. The van der Waals surface area contributed by atoms with Gasteiger partial charge in [-0.25, -0.2) is 4.98 Å². The second-order valence-corrected chi connectivity index (χ2v) is 8.67. The highest BCUT2D eigenvalue weighted by Crippen LogP contribution is 2.28. The molecule has 0 saturated carbocycles. The number of hydrogen-bond donors (Lipinski definition) is 4. The Morgan fingerprint density at radius 2 is 2.10 bits per heavy atom. The molecular weight excluding hydrogens is 378 g/mol. The van der Waals surface area contributed by atoms with Gasteiger partial charge in [-0.05, 0) is 50.9 Å². The number of ether oxygens (including phenoxy) is 1. The quantitative estimate of drug-likeness (QED) is 0.317. The number of hydrogen-bond acceptors (Lipinski definition) is 6. The standard InChI is InChI=1S/C23H35N5O2/c1-14(2)12-25-20-8-9-28(13-21(20)30-5)23-18(22(24)26-16(4)29)11-17-10-15(3)6-7-19(17)27-23/h6-7,10-11,14,16,20-21,25,29H,8-9,12-13H2,1-5H3,(H2,24,26). The average Bonchev–Trinajstić information content (AvgIpc) is 2.70. The van der Waals surface area contributed by atoms with Crippen LogP contribution in [-0.2, 0) is 4.74 Å². The van der Waals surface area contributed by atoms with Crippen LogP contribution in [0.2, 0.25) is 0 Å². The number of rotatable bonds is 7. The number of nitrogens with one attached hydrogen (secondary N) is 3. The lowest BCUT2D eigenvalue weighted by atomic mass is 9.99. The molecule has 1 fully saturated rings. The molecule has 2 heterocycles. The number of anilines is 1. The van der Waals surface area contributed by atoms with Crippen LogP contribution in [0.5, 0.6) is 0 Å². The summed E-state index contributed by atoms with van der Waals surface area (Å²) in [5.41, 5.74) is 2.74. The van der Waals surface area contributed by atoms with Gasteiger partial charge in [0.05, 0.1) is 17.2 Å². The Balaban J connectivity index is 1.93. The molecule has 1 aromatic carbocycles. The first-order valence-electron chi connectivity index (χ1n) is 10.7. The Morgan fingerprint density at radius 1 is 1.33 bits per heavy atom. The Hall–Kier alpha value is -2.22. The van der Waals surface area contributed by atoms with Gasteiger partial charge in [-0.2, -0.15) is 0 Å². The fourth-order valence-electron chi connectivity index (χ4n) is 3.97. The van der Waals surface area contributed by atoms with Gasteiger partial charge in [-0.3, -0.25) is 5.41 Å². The van der Waals surface area contributed by atoms with Crippen molar-refractivity contribution < 1.29 is 9.84 Å². The van der Waals surface area contributed by atoms with Crippen LogP contribution in [0.25, 0.3) is 10.9 Å². The minimum absolute atomic E-state index is 0.0415. The van der Waals surface area contributed by atoms with Gasteiger partial charge in [-0.15, -0.1) is 0 Å². The maximum Gasteiger partial charge on any atom is 0.140 e. The molecule has 0 spiro atoms. The van der Waals surface area contributed by atoms with Crippen molar-refractivity contribution in [3.63, 3.8) is 0 Å². The molecule has 1 aliphatic rings. The highest BCUT2D eigenvalue weighted by atomic mass is 16.5. The average molecular weight is 414 g/mol. The second-order valence-electron chi connectivity index (χ2n) is 8.67. The second kappa shape index (κ2) is 9.73. The zero-order valence-electron chi connectivity index (χ0n) is 18.7. The van der Waals surface area contributed by atoms with Gasteiger partial charge in [0.1, 0.15) is 17.9 Å². The third-order valence-corrected chi connectivity index (χ3v) is 5.52. The molecular formula is C23H35N5O2. The van der Waals surface area contributed by atoms with Crippen molar-refractivity contribution in [3.8, 4) is 0 Å². The predicted octanol–water partition coefficient (Wildman–Crippen LogP) is 2.64. The number of pyridine rings is 1. The fourth-order valence-corrected chi connectivity index (χ4v) is 3.97. The highest BCUT2D eigenvalue weighted by molar-refractivity contribution is 6.04. The number of methoxy groups -OCH3 is 1. The summed E-state index contributed by atoms with van der Waals surface area (Å²) in [5.74, 6) is 1.52. The number of amidine groups is 1. The molecule has 3 rings (SSSR count). The highest BCUT2D eigenvalue weighted by Gasteiger charge is 2.31. The van der Waals surface area contributed by atoms with Crippen molar-refractivity contribution in [1.29, 1.82) is 5.41 Å². The summed E-state index contributed by atoms with van der Waals surface area (Å²) in [7, 11) is 1.76. The van der Waals surface area contributed by atoms with Gasteiger partial charge >= 0.3 is 0 Å². The molecule has 0 bridgehead atoms. The van der Waals surface area contributed by atoms with Crippen LogP contribution >= 0.6 is 0 Å². The van der Waals surface area contributed by atoms with E-state index in [4.69, 9.17) is 15.1 Å². The molecule has 1 aliphatic heterocycles. The van der Waals surface area contributed by atoms with E-state index >= 15 is 0 Å². The van der Waals surface area contributed by atoms with Crippen LogP contribution in [0.15, 0.2) is 24.3 Å². The van der Waals surface area contributed by atoms with Gasteiger partial charge < -0.3 is 25.4 Å². The number of aliphatic hydroxyl groups is 1. The summed E-state index contributed by atoms with van der Waals surface area (Å²) in [6.45, 7) is 10.6. The van der Waals surface area contributed by atoms with Gasteiger partial charge in [0.2, 0.25) is 0 Å². The molecule has 7 heteroatoms. The SMILES string of the molecule is COC1CN(c2nc3ccc(C)cc3cc2C(=N)NC(C)O)CCC1NCC(C)C. The Labute approximate surface area is 179 Å². The number of benzene rings is 1. The molecule has 4 N–H and O–H groups in total. The van der Waals surface area contributed by atoms with E-state index in [0.29, 0.717) is 24.1 Å². The molecule has 164 valence electrons. The van der Waals surface area contributed by atoms with E-state index in [1.807, 2.05) is 19.1 Å². The van der Waals surface area contributed by atoms with Crippen LogP contribution < -0.4 is 15.5 Å². The molecule has 1 aromatic heterocycles. The summed E-state index contributed by atoms with van der Waals surface area (Å²) >= 11 is 0. The molecule has 30 heavy (non-hydrogen) atoms. The summed E-state index contributed by atoms with van der Waals surface area (Å²) in [6, 6.07) is 8.45. The minimum Gasteiger partial charge on any atom is -0.378 e. The third kappa shape index (κ3) is 5.28. The number of aliphatic hydroxyl groups excluding tert-OH is 1. The summed E-state index contributed by atoms with van der Waals surface area (Å²) < 4.78 is 5.81. The fraction of sp³-hybridized carbons (Fsp3) is 0.565. The number of fused-ring (bicyclic) bond motifs is 1. The molecule has 0 aliphatic carbocycles. The van der Waals surface area contributed by atoms with Crippen LogP contribution in [0, 0.1) is 18.3 Å². The third-order valence-electron chi connectivity index (χ3n) is 5.52. The van der Waals surface area contributed by atoms with Gasteiger partial charge in [0, 0.05) is 31.6 Å². The predicted molar refractivity (Wildman–Crippen MR) is 122 cm³/mol. The topological polar surface area (TPSA) is 93.5 Å². The van der Waals surface area contributed by atoms with Crippen molar-refractivity contribution in [1.82, 2.24) is 15.6 Å². The van der Waals surface area contributed by atoms with Gasteiger partial charge in [-0.1, -0.05) is 25.5 Å². The number of nitrogens with zero attached hydrogens (tertiary/aromatic N) is 2. The largest absolute Gasteiger partial charge is 0.378 e. The van der Waals surface area contributed by atoms with Crippen LogP contribution in [0.3, 0.4) is 0 Å². The first kappa shape index (κ1) is 22.5. The summed E-state index contributed by atoms with van der Waals surface area (Å²) in [6.07, 6.45) is 0.172. The van der Waals surface area contributed by atoms with Crippen molar-refractivity contribution in [2.24, 2.45) is 5.92 Å². The summed E-state index contributed by atoms with van der Waals surface area (Å²) in [5, 5.41) is 25.7. The lowest BCUT2D eigenvalue weighted by Crippen LogP contribution is -2.54. The molecule has 1 saturated heterocycles. The van der Waals surface area contributed by atoms with E-state index in [1.54, 1.807) is 14.0 Å². The normalized spacial score (nSPS) is 20.6. The van der Waals surface area contributed by atoms with Gasteiger partial charge in [0.25, 0.3) is 0 Å². The summed E-state index contributed by atoms with van der Waals surface area (Å²) in [4.78, 5) is 7.13. The lowest BCUT2D eigenvalue weighted by molar-refractivity contribution is 0.0589. The molecule has 3 unspecified atom stereocenters. The van der Waals surface area contributed by atoms with E-state index < -0.39 is 6.23 Å². The van der Waals surface area contributed by atoms with Crippen molar-refractivity contribution in [2.45, 2.75) is 52.5 Å². The maximum absolute atomic E-state index is 9.75. The number of aromatic nitrogens is 1. The van der Waals surface area contributed by atoms with E-state index in [-0.39, 0.29) is 11.9 Å². The van der Waals surface area contributed by atoms with Gasteiger partial charge in [0.15, 0.2) is 0 Å². The van der Waals surface area contributed by atoms with Crippen molar-refractivity contribution >= 4 is 22.6 Å². The zero-order valence-corrected chi connectivity index (χ0v) is 18.7. The minimum atomic E-state index is -0.809. The zero-order chi connectivity index (χ0) is 21.8. The van der Waals surface area contributed by atoms with E-state index in [0.717, 1.165) is 41.8 Å². The van der Waals surface area contributed by atoms with Crippen LogP contribution in [0.4, 0.5) is 5.82 Å². The first-order chi connectivity index (χ1) is 14.3. The Bertz CT molecular complexity index is 883. The van der Waals surface area contributed by atoms with Crippen LogP contribution in [0.1, 0.15) is 38.3 Å². The Morgan fingerprint density at radius 3 is 2.77 bits per heavy atom. The molecule has 7 nitrogen and oxygen atoms in total. The first-order valence-corrected chi connectivity index (χ1v) is 10.7. The van der Waals surface area contributed by atoms with E-state index in [9.17, 15) is 5.11 Å². The molecule has 2 aromatic rings. The van der Waals surface area contributed by atoms with Crippen molar-refractivity contribution in [2.75, 3.05) is 31.6 Å². The lowest BCUT2D eigenvalue weighted by Gasteiger charge is -2.39. The van der Waals surface area contributed by atoms with E-state index in [2.05, 4.69) is 41.5 Å². The Kier molecular flexibility index (Phi) is 7.28. The smallest absolute Gasteiger partial charge is 0.140 e. The van der Waals surface area contributed by atoms with E-state index in [1.165, 1.54) is 0 Å².